The van der Waals surface area contributed by atoms with Gasteiger partial charge in [0, 0.05) is 27.2 Å². The van der Waals surface area contributed by atoms with Crippen LogP contribution in [0.1, 0.15) is 29.6 Å². The predicted octanol–water partition coefficient (Wildman–Crippen LogP) is 2.91. The van der Waals surface area contributed by atoms with Gasteiger partial charge < -0.3 is 14.5 Å². The molecular formula is C25H26N4O5S. The molecule has 0 bridgehead atoms. The van der Waals surface area contributed by atoms with Crippen LogP contribution in [0.15, 0.2) is 64.8 Å². The summed E-state index contributed by atoms with van der Waals surface area (Å²) < 4.78 is 32.4. The van der Waals surface area contributed by atoms with Crippen molar-refractivity contribution in [1.82, 2.24) is 4.31 Å². The highest BCUT2D eigenvalue weighted by molar-refractivity contribution is 7.89. The van der Waals surface area contributed by atoms with Gasteiger partial charge in [-0.05, 0) is 43.2 Å². The minimum Gasteiger partial charge on any atom is -0.454 e. The van der Waals surface area contributed by atoms with Crippen molar-refractivity contribution in [3.05, 3.63) is 65.5 Å². The molecule has 9 nitrogen and oxygen atoms in total. The van der Waals surface area contributed by atoms with Gasteiger partial charge >= 0.3 is 5.97 Å². The third-order valence-electron chi connectivity index (χ3n) is 6.21. The molecule has 1 saturated heterocycles. The average molecular weight is 495 g/mol. The van der Waals surface area contributed by atoms with Crippen LogP contribution < -0.4 is 9.80 Å². The number of ether oxygens (including phenoxy) is 1. The van der Waals surface area contributed by atoms with Crippen LogP contribution in [-0.2, 0) is 19.6 Å². The van der Waals surface area contributed by atoms with Crippen molar-refractivity contribution in [1.29, 1.82) is 5.26 Å². The van der Waals surface area contributed by atoms with Crippen molar-refractivity contribution in [3.63, 3.8) is 0 Å². The van der Waals surface area contributed by atoms with Crippen molar-refractivity contribution in [2.24, 2.45) is 0 Å². The summed E-state index contributed by atoms with van der Waals surface area (Å²) in [5, 5.41) is 9.71. The standard InChI is InChI=1S/C25H26N4O5S/c1-27-21-11-4-5-12-22(21)28(2)24(27)20(16-26)23(30)17-34-25(31)18-9-8-10-19(15-18)35(32,33)29-13-6-3-7-14-29/h4-5,8-12,15H,3,6-7,13-14,17H2,1-2H3. The molecule has 182 valence electrons. The maximum atomic E-state index is 12.9. The van der Waals surface area contributed by atoms with E-state index in [1.807, 2.05) is 30.3 Å². The number of benzene rings is 2. The third kappa shape index (κ3) is 4.65. The second kappa shape index (κ2) is 9.90. The monoisotopic (exact) mass is 494 g/mol. The number of carbonyl (C=O) groups is 2. The molecule has 2 heterocycles. The van der Waals surface area contributed by atoms with E-state index in [9.17, 15) is 23.3 Å². The Hall–Kier alpha value is -3.68. The molecule has 2 aliphatic rings. The number of esters is 1. The summed E-state index contributed by atoms with van der Waals surface area (Å²) in [7, 11) is -0.214. The molecule has 2 aliphatic heterocycles. The number of ketones is 1. The van der Waals surface area contributed by atoms with Gasteiger partial charge in [-0.15, -0.1) is 0 Å². The van der Waals surface area contributed by atoms with Crippen LogP contribution in [0.5, 0.6) is 0 Å². The number of sulfonamides is 1. The lowest BCUT2D eigenvalue weighted by Crippen LogP contribution is -2.35. The number of carbonyl (C=O) groups excluding carboxylic acids is 2. The molecule has 0 spiro atoms. The second-order valence-corrected chi connectivity index (χ2v) is 10.3. The Morgan fingerprint density at radius 1 is 0.971 bits per heavy atom. The van der Waals surface area contributed by atoms with Crippen molar-refractivity contribution in [2.45, 2.75) is 24.2 Å². The minimum absolute atomic E-state index is 0.00646. The second-order valence-electron chi connectivity index (χ2n) is 8.41. The van der Waals surface area contributed by atoms with E-state index in [1.54, 1.807) is 23.9 Å². The molecule has 0 aliphatic carbocycles. The summed E-state index contributed by atoms with van der Waals surface area (Å²) in [6, 6.07) is 15.0. The van der Waals surface area contributed by atoms with Crippen LogP contribution in [0.4, 0.5) is 11.4 Å². The van der Waals surface area contributed by atoms with Crippen LogP contribution in [-0.4, -0.2) is 58.3 Å². The lowest BCUT2D eigenvalue weighted by atomic mass is 10.2. The molecule has 0 saturated carbocycles. The first kappa shape index (κ1) is 24.4. The number of nitrogens with zero attached hydrogens (tertiary/aromatic N) is 4. The van der Waals surface area contributed by atoms with E-state index in [-0.39, 0.29) is 16.0 Å². The smallest absolute Gasteiger partial charge is 0.338 e. The molecule has 0 aromatic heterocycles. The van der Waals surface area contributed by atoms with Gasteiger partial charge in [-0.3, -0.25) is 4.79 Å². The van der Waals surface area contributed by atoms with E-state index < -0.39 is 28.4 Å². The van der Waals surface area contributed by atoms with Gasteiger partial charge in [-0.2, -0.15) is 9.57 Å². The number of nitriles is 1. The van der Waals surface area contributed by atoms with E-state index in [4.69, 9.17) is 4.74 Å². The number of para-hydroxylation sites is 2. The van der Waals surface area contributed by atoms with Crippen molar-refractivity contribution >= 4 is 33.2 Å². The first-order valence-corrected chi connectivity index (χ1v) is 12.7. The minimum atomic E-state index is -3.72. The fourth-order valence-electron chi connectivity index (χ4n) is 4.38. The van der Waals surface area contributed by atoms with E-state index >= 15 is 0 Å². The molecule has 2 aromatic carbocycles. The normalized spacial score (nSPS) is 16.0. The summed E-state index contributed by atoms with van der Waals surface area (Å²) >= 11 is 0. The van der Waals surface area contributed by atoms with Crippen LogP contribution >= 0.6 is 0 Å². The molecule has 2 aromatic rings. The van der Waals surface area contributed by atoms with Crippen LogP contribution in [0.3, 0.4) is 0 Å². The number of anilines is 2. The molecule has 0 amide bonds. The van der Waals surface area contributed by atoms with E-state index in [2.05, 4.69) is 0 Å². The molecule has 35 heavy (non-hydrogen) atoms. The number of hydrogen-bond donors (Lipinski definition) is 0. The Bertz CT molecular complexity index is 1310. The Labute approximate surface area is 204 Å². The lowest BCUT2D eigenvalue weighted by Gasteiger charge is -2.25. The molecule has 0 radical (unpaired) electrons. The average Bonchev–Trinajstić information content (AvgIpc) is 3.14. The Kier molecular flexibility index (Phi) is 6.91. The fraction of sp³-hybridized carbons (Fsp3) is 0.320. The van der Waals surface area contributed by atoms with E-state index in [0.717, 1.165) is 30.6 Å². The van der Waals surface area contributed by atoms with Crippen LogP contribution in [0, 0.1) is 11.3 Å². The van der Waals surface area contributed by atoms with Crippen molar-refractivity contribution in [2.75, 3.05) is 43.6 Å². The highest BCUT2D eigenvalue weighted by Gasteiger charge is 2.32. The van der Waals surface area contributed by atoms with Gasteiger partial charge in [0.25, 0.3) is 0 Å². The van der Waals surface area contributed by atoms with Crippen LogP contribution in [0.25, 0.3) is 0 Å². The van der Waals surface area contributed by atoms with E-state index in [1.165, 1.54) is 28.6 Å². The molecule has 0 N–H and O–H groups in total. The quantitative estimate of drug-likeness (QED) is 0.342. The lowest BCUT2D eigenvalue weighted by molar-refractivity contribution is -0.118. The highest BCUT2D eigenvalue weighted by atomic mass is 32.2. The first-order valence-electron chi connectivity index (χ1n) is 11.3. The summed E-state index contributed by atoms with van der Waals surface area (Å²) in [6.45, 7) is 0.250. The topological polar surface area (TPSA) is 111 Å². The zero-order valence-corrected chi connectivity index (χ0v) is 20.4. The van der Waals surface area contributed by atoms with Crippen molar-refractivity contribution in [3.8, 4) is 6.07 Å². The number of Topliss-reactive ketones (excluding diaryl/α,β-unsaturated/α-hetero) is 1. The first-order chi connectivity index (χ1) is 16.8. The number of hydrogen-bond acceptors (Lipinski definition) is 8. The molecular weight excluding hydrogens is 468 g/mol. The summed E-state index contributed by atoms with van der Waals surface area (Å²) in [5.41, 5.74) is 1.56. The Morgan fingerprint density at radius 2 is 1.60 bits per heavy atom. The molecule has 4 rings (SSSR count). The maximum Gasteiger partial charge on any atom is 0.338 e. The van der Waals surface area contributed by atoms with Gasteiger partial charge in [0.1, 0.15) is 17.5 Å². The summed E-state index contributed by atoms with van der Waals surface area (Å²) in [6.07, 6.45) is 2.59. The van der Waals surface area contributed by atoms with Gasteiger partial charge in [0.05, 0.1) is 21.8 Å². The summed E-state index contributed by atoms with van der Waals surface area (Å²) in [4.78, 5) is 29.0. The SMILES string of the molecule is CN1C(=C(C#N)C(=O)COC(=O)c2cccc(S(=O)(=O)N3CCCCC3)c2)N(C)c2ccccc21. The third-order valence-corrected chi connectivity index (χ3v) is 8.11. The number of piperidine rings is 1. The zero-order chi connectivity index (χ0) is 25.2. The predicted molar refractivity (Wildman–Crippen MR) is 130 cm³/mol. The molecule has 0 atom stereocenters. The van der Waals surface area contributed by atoms with Crippen LogP contribution in [0.2, 0.25) is 0 Å². The Balaban J connectivity index is 1.49. The van der Waals surface area contributed by atoms with Crippen molar-refractivity contribution < 1.29 is 22.7 Å². The molecule has 1 fully saturated rings. The molecule has 10 heteroatoms. The number of fused-ring (bicyclic) bond motifs is 1. The van der Waals surface area contributed by atoms with E-state index in [0.29, 0.717) is 18.9 Å². The zero-order valence-electron chi connectivity index (χ0n) is 19.6. The molecule has 0 unspecified atom stereocenters. The number of rotatable bonds is 6. The van der Waals surface area contributed by atoms with Gasteiger partial charge in [0.2, 0.25) is 15.8 Å². The van der Waals surface area contributed by atoms with Gasteiger partial charge in [-0.25, -0.2) is 13.2 Å². The fourth-order valence-corrected chi connectivity index (χ4v) is 5.95. The Morgan fingerprint density at radius 3 is 2.20 bits per heavy atom. The highest BCUT2D eigenvalue weighted by Crippen LogP contribution is 2.40. The van der Waals surface area contributed by atoms with Gasteiger partial charge in [-0.1, -0.05) is 24.6 Å². The van der Waals surface area contributed by atoms with Gasteiger partial charge in [0.15, 0.2) is 6.61 Å². The largest absolute Gasteiger partial charge is 0.454 e. The summed E-state index contributed by atoms with van der Waals surface area (Å²) in [5.74, 6) is -1.10. The maximum absolute atomic E-state index is 12.9.